The van der Waals surface area contributed by atoms with Crippen LogP contribution in [0.3, 0.4) is 0 Å². The topological polar surface area (TPSA) is 98.5 Å². The van der Waals surface area contributed by atoms with Crippen LogP contribution >= 0.6 is 23.7 Å². The van der Waals surface area contributed by atoms with Crippen molar-refractivity contribution in [2.24, 2.45) is 5.73 Å². The van der Waals surface area contributed by atoms with E-state index in [1.54, 1.807) is 24.3 Å². The average Bonchev–Trinajstić information content (AvgIpc) is 2.99. The van der Waals surface area contributed by atoms with E-state index in [9.17, 15) is 13.2 Å². The van der Waals surface area contributed by atoms with Crippen LogP contribution in [0.4, 0.5) is 0 Å². The van der Waals surface area contributed by atoms with Crippen molar-refractivity contribution in [1.29, 1.82) is 0 Å². The molecular weight excluding hydrogens is 384 g/mol. The minimum absolute atomic E-state index is 0. The summed E-state index contributed by atoms with van der Waals surface area (Å²) in [5, 5.41) is 0.508. The van der Waals surface area contributed by atoms with E-state index in [0.29, 0.717) is 22.9 Å². The number of methoxy groups -OCH3 is 1. The van der Waals surface area contributed by atoms with Gasteiger partial charge in [0, 0.05) is 22.2 Å². The summed E-state index contributed by atoms with van der Waals surface area (Å²) in [5.41, 5.74) is 5.07. The van der Waals surface area contributed by atoms with Gasteiger partial charge in [0.2, 0.25) is 10.0 Å². The van der Waals surface area contributed by atoms with Gasteiger partial charge < -0.3 is 10.5 Å². The molecule has 0 saturated heterocycles. The standard InChI is InChI=1S/C16H22N2O4S2.ClH/c1-4-16(5-2,10-17)18-24(20,21)14-11-8-6-7-9-12(11)23-13(14)15(19)22-3;/h6-9,18H,4-5,10,17H2,1-3H3;1H. The van der Waals surface area contributed by atoms with Crippen molar-refractivity contribution in [3.63, 3.8) is 0 Å². The van der Waals surface area contributed by atoms with Crippen molar-refractivity contribution in [2.75, 3.05) is 13.7 Å². The van der Waals surface area contributed by atoms with E-state index in [-0.39, 0.29) is 28.7 Å². The van der Waals surface area contributed by atoms with Gasteiger partial charge in [0.25, 0.3) is 0 Å². The molecule has 1 aromatic carbocycles. The van der Waals surface area contributed by atoms with Crippen molar-refractivity contribution < 1.29 is 17.9 Å². The molecule has 1 aromatic heterocycles. The number of thiophene rings is 1. The molecule has 25 heavy (non-hydrogen) atoms. The Balaban J connectivity index is 0.00000312. The largest absolute Gasteiger partial charge is 0.465 e. The monoisotopic (exact) mass is 406 g/mol. The highest BCUT2D eigenvalue weighted by Gasteiger charge is 2.35. The lowest BCUT2D eigenvalue weighted by Gasteiger charge is -2.31. The number of halogens is 1. The van der Waals surface area contributed by atoms with Gasteiger partial charge in [-0.25, -0.2) is 17.9 Å². The first-order chi connectivity index (χ1) is 11.3. The third kappa shape index (κ3) is 4.15. The number of rotatable bonds is 7. The molecule has 0 amide bonds. The SMILES string of the molecule is CCC(CC)(CN)NS(=O)(=O)c1c(C(=O)OC)sc2ccccc12.Cl. The molecule has 0 fully saturated rings. The molecule has 0 atom stereocenters. The Kier molecular flexibility index (Phi) is 7.40. The molecule has 2 aromatic rings. The van der Waals surface area contributed by atoms with Gasteiger partial charge in [0.05, 0.1) is 7.11 Å². The highest BCUT2D eigenvalue weighted by Crippen LogP contribution is 2.36. The third-order valence-electron chi connectivity index (χ3n) is 4.28. The van der Waals surface area contributed by atoms with Gasteiger partial charge in [0.15, 0.2) is 0 Å². The number of ether oxygens (including phenoxy) is 1. The number of nitrogens with two attached hydrogens (primary N) is 1. The minimum Gasteiger partial charge on any atom is -0.465 e. The van der Waals surface area contributed by atoms with Gasteiger partial charge in [0.1, 0.15) is 9.77 Å². The number of nitrogens with one attached hydrogen (secondary N) is 1. The summed E-state index contributed by atoms with van der Waals surface area (Å²) in [6.07, 6.45) is 1.10. The maximum atomic E-state index is 13.1. The van der Waals surface area contributed by atoms with Crippen LogP contribution in [0.15, 0.2) is 29.2 Å². The number of carbonyl (C=O) groups is 1. The van der Waals surface area contributed by atoms with Crippen LogP contribution in [-0.2, 0) is 14.8 Å². The number of hydrogen-bond donors (Lipinski definition) is 2. The van der Waals surface area contributed by atoms with E-state index < -0.39 is 21.5 Å². The molecule has 0 radical (unpaired) electrons. The molecule has 1 heterocycles. The van der Waals surface area contributed by atoms with Crippen LogP contribution in [0.2, 0.25) is 0 Å². The highest BCUT2D eigenvalue weighted by molar-refractivity contribution is 7.90. The number of esters is 1. The second-order valence-electron chi connectivity index (χ2n) is 5.55. The summed E-state index contributed by atoms with van der Waals surface area (Å²) in [5.74, 6) is -0.664. The normalized spacial score (nSPS) is 12.0. The molecule has 6 nitrogen and oxygen atoms in total. The summed E-state index contributed by atoms with van der Waals surface area (Å²) >= 11 is 1.11. The Morgan fingerprint density at radius 3 is 2.40 bits per heavy atom. The molecule has 0 unspecified atom stereocenters. The number of benzene rings is 1. The van der Waals surface area contributed by atoms with Gasteiger partial charge in [-0.1, -0.05) is 32.0 Å². The zero-order valence-corrected chi connectivity index (χ0v) is 16.8. The smallest absolute Gasteiger partial charge is 0.349 e. The summed E-state index contributed by atoms with van der Waals surface area (Å²) < 4.78 is 34.3. The lowest BCUT2D eigenvalue weighted by atomic mass is 9.95. The maximum absolute atomic E-state index is 13.1. The molecule has 0 aliphatic rings. The summed E-state index contributed by atoms with van der Waals surface area (Å²) in [6, 6.07) is 7.01. The molecule has 0 aliphatic carbocycles. The zero-order chi connectivity index (χ0) is 18.0. The Labute approximate surface area is 158 Å². The predicted molar refractivity (Wildman–Crippen MR) is 103 cm³/mol. The summed E-state index contributed by atoms with van der Waals surface area (Å²) in [4.78, 5) is 12.1. The fourth-order valence-electron chi connectivity index (χ4n) is 2.58. The van der Waals surface area contributed by atoms with Gasteiger partial charge in [-0.15, -0.1) is 23.7 Å². The number of sulfonamides is 1. The van der Waals surface area contributed by atoms with E-state index in [0.717, 1.165) is 11.3 Å². The molecule has 9 heteroatoms. The fourth-order valence-corrected chi connectivity index (χ4v) is 5.95. The lowest BCUT2D eigenvalue weighted by molar-refractivity contribution is 0.0602. The maximum Gasteiger partial charge on any atom is 0.349 e. The Morgan fingerprint density at radius 1 is 1.28 bits per heavy atom. The number of fused-ring (bicyclic) bond motifs is 1. The first-order valence-corrected chi connectivity index (χ1v) is 9.98. The first-order valence-electron chi connectivity index (χ1n) is 7.68. The van der Waals surface area contributed by atoms with Crippen LogP contribution < -0.4 is 10.5 Å². The Morgan fingerprint density at radius 2 is 1.88 bits per heavy atom. The van der Waals surface area contributed by atoms with Gasteiger partial charge in [-0.05, 0) is 18.9 Å². The van der Waals surface area contributed by atoms with E-state index in [2.05, 4.69) is 4.72 Å². The van der Waals surface area contributed by atoms with Crippen LogP contribution in [0.25, 0.3) is 10.1 Å². The zero-order valence-electron chi connectivity index (χ0n) is 14.4. The van der Waals surface area contributed by atoms with Gasteiger partial charge in [-0.2, -0.15) is 0 Å². The fraction of sp³-hybridized carbons (Fsp3) is 0.438. The lowest BCUT2D eigenvalue weighted by Crippen LogP contribution is -2.52. The van der Waals surface area contributed by atoms with Crippen molar-refractivity contribution in [1.82, 2.24) is 4.72 Å². The number of hydrogen-bond acceptors (Lipinski definition) is 6. The molecule has 0 bridgehead atoms. The van der Waals surface area contributed by atoms with E-state index in [1.165, 1.54) is 7.11 Å². The molecule has 2 rings (SSSR count). The van der Waals surface area contributed by atoms with Crippen LogP contribution in [0.5, 0.6) is 0 Å². The van der Waals surface area contributed by atoms with Gasteiger partial charge in [-0.3, -0.25) is 0 Å². The predicted octanol–water partition coefficient (Wildman–Crippen LogP) is 2.91. The molecular formula is C16H23ClN2O4S2. The van der Waals surface area contributed by atoms with Crippen LogP contribution in [-0.4, -0.2) is 33.6 Å². The van der Waals surface area contributed by atoms with Gasteiger partial charge >= 0.3 is 5.97 Å². The summed E-state index contributed by atoms with van der Waals surface area (Å²) in [6.45, 7) is 3.94. The van der Waals surface area contributed by atoms with Crippen LogP contribution in [0, 0.1) is 0 Å². The second kappa shape index (κ2) is 8.46. The van der Waals surface area contributed by atoms with Crippen molar-refractivity contribution >= 4 is 49.8 Å². The quantitative estimate of drug-likeness (QED) is 0.689. The molecule has 140 valence electrons. The van der Waals surface area contributed by atoms with Crippen LogP contribution in [0.1, 0.15) is 36.4 Å². The molecule has 0 saturated carbocycles. The molecule has 0 aliphatic heterocycles. The number of carbonyl (C=O) groups excluding carboxylic acids is 1. The summed E-state index contributed by atoms with van der Waals surface area (Å²) in [7, 11) is -2.71. The minimum atomic E-state index is -3.94. The van der Waals surface area contributed by atoms with Crippen molar-refractivity contribution in [3.8, 4) is 0 Å². The van der Waals surface area contributed by atoms with E-state index in [4.69, 9.17) is 10.5 Å². The first kappa shape index (κ1) is 21.9. The van der Waals surface area contributed by atoms with E-state index in [1.807, 2.05) is 13.8 Å². The second-order valence-corrected chi connectivity index (χ2v) is 8.22. The third-order valence-corrected chi connectivity index (χ3v) is 7.23. The van der Waals surface area contributed by atoms with Crippen molar-refractivity contribution in [3.05, 3.63) is 29.1 Å². The molecule has 3 N–H and O–H groups in total. The highest BCUT2D eigenvalue weighted by atomic mass is 35.5. The van der Waals surface area contributed by atoms with Crippen molar-refractivity contribution in [2.45, 2.75) is 37.1 Å². The Hall–Kier alpha value is -1.19. The average molecular weight is 407 g/mol. The van der Waals surface area contributed by atoms with E-state index >= 15 is 0 Å². The molecule has 0 spiro atoms. The Bertz CT molecular complexity index is 837.